The topological polar surface area (TPSA) is 30.0 Å². The highest BCUT2D eigenvalue weighted by atomic mass is 16.2. The summed E-state index contributed by atoms with van der Waals surface area (Å²) >= 11 is 0. The van der Waals surface area contributed by atoms with Crippen molar-refractivity contribution < 1.29 is 4.79 Å². The van der Waals surface area contributed by atoms with Gasteiger partial charge >= 0.3 is 0 Å². The predicted octanol–water partition coefficient (Wildman–Crippen LogP) is 2.92. The van der Waals surface area contributed by atoms with Crippen LogP contribution in [0.4, 0.5) is 5.69 Å². The van der Waals surface area contributed by atoms with Crippen molar-refractivity contribution in [3.05, 3.63) is 30.3 Å². The van der Waals surface area contributed by atoms with Crippen LogP contribution in [0.15, 0.2) is 30.3 Å². The number of amides is 1. The number of nitrogens with zero attached hydrogens (tertiary/aromatic N) is 4. The molecule has 0 unspecified atom stereocenters. The molecule has 2 aliphatic heterocycles. The molecule has 5 heteroatoms. The molecule has 2 aliphatic rings. The Morgan fingerprint density at radius 3 is 2.11 bits per heavy atom. The molecule has 0 saturated carbocycles. The van der Waals surface area contributed by atoms with E-state index in [0.29, 0.717) is 18.4 Å². The zero-order valence-electron chi connectivity index (χ0n) is 18.2. The molecule has 0 aliphatic carbocycles. The molecule has 1 aromatic rings. The third-order valence-corrected chi connectivity index (χ3v) is 6.61. The summed E-state index contributed by atoms with van der Waals surface area (Å²) in [5.74, 6) is 0.333. The van der Waals surface area contributed by atoms with Crippen molar-refractivity contribution >= 4 is 11.6 Å². The van der Waals surface area contributed by atoms with E-state index >= 15 is 0 Å². The van der Waals surface area contributed by atoms with Gasteiger partial charge in [-0.3, -0.25) is 14.6 Å². The summed E-state index contributed by atoms with van der Waals surface area (Å²) in [5.41, 5.74) is 1.38. The molecule has 1 aromatic carbocycles. The molecule has 2 heterocycles. The van der Waals surface area contributed by atoms with Crippen LogP contribution in [0.25, 0.3) is 0 Å². The molecule has 5 nitrogen and oxygen atoms in total. The summed E-state index contributed by atoms with van der Waals surface area (Å²) in [4.78, 5) is 22.3. The van der Waals surface area contributed by atoms with E-state index in [1.807, 2.05) is 0 Å². The molecule has 2 saturated heterocycles. The molecule has 0 N–H and O–H groups in total. The van der Waals surface area contributed by atoms with Crippen molar-refractivity contribution in [1.82, 2.24) is 14.7 Å². The van der Waals surface area contributed by atoms with Gasteiger partial charge < -0.3 is 9.80 Å². The molecule has 0 atom stereocenters. The van der Waals surface area contributed by atoms with Crippen molar-refractivity contribution in [2.24, 2.45) is 0 Å². The van der Waals surface area contributed by atoms with E-state index in [-0.39, 0.29) is 5.54 Å². The molecule has 0 spiro atoms. The SMILES string of the molecule is CC(C)N1CCN(C(=O)CCC(C)(C)N2CCN(c3ccccc3)CC2)CC1. The quantitative estimate of drug-likeness (QED) is 0.752. The Labute approximate surface area is 171 Å². The molecule has 2 fully saturated rings. The lowest BCUT2D eigenvalue weighted by atomic mass is 9.94. The second-order valence-electron chi connectivity index (χ2n) is 9.13. The van der Waals surface area contributed by atoms with Crippen LogP contribution in [-0.2, 0) is 4.79 Å². The van der Waals surface area contributed by atoms with Crippen LogP contribution in [-0.4, -0.2) is 84.5 Å². The first-order chi connectivity index (χ1) is 13.4. The van der Waals surface area contributed by atoms with E-state index in [4.69, 9.17) is 0 Å². The highest BCUT2D eigenvalue weighted by Crippen LogP contribution is 2.25. The summed E-state index contributed by atoms with van der Waals surface area (Å²) in [6, 6.07) is 11.3. The first-order valence-corrected chi connectivity index (χ1v) is 10.9. The van der Waals surface area contributed by atoms with Crippen molar-refractivity contribution in [3.63, 3.8) is 0 Å². The maximum absolute atomic E-state index is 12.7. The van der Waals surface area contributed by atoms with Crippen molar-refractivity contribution in [3.8, 4) is 0 Å². The molecule has 0 aromatic heterocycles. The average Bonchev–Trinajstić information content (AvgIpc) is 2.73. The lowest BCUT2D eigenvalue weighted by Gasteiger charge is -2.45. The van der Waals surface area contributed by atoms with Crippen LogP contribution in [0, 0.1) is 0 Å². The van der Waals surface area contributed by atoms with Gasteiger partial charge in [0.1, 0.15) is 0 Å². The summed E-state index contributed by atoms with van der Waals surface area (Å²) in [7, 11) is 0. The minimum Gasteiger partial charge on any atom is -0.369 e. The van der Waals surface area contributed by atoms with E-state index in [0.717, 1.165) is 58.8 Å². The molecule has 156 valence electrons. The second-order valence-corrected chi connectivity index (χ2v) is 9.13. The monoisotopic (exact) mass is 386 g/mol. The maximum Gasteiger partial charge on any atom is 0.222 e. The second kappa shape index (κ2) is 9.27. The Bertz CT molecular complexity index is 615. The molecular formula is C23H38N4O. The van der Waals surface area contributed by atoms with Crippen LogP contribution in [0.5, 0.6) is 0 Å². The first-order valence-electron chi connectivity index (χ1n) is 10.9. The maximum atomic E-state index is 12.7. The summed E-state index contributed by atoms with van der Waals surface area (Å²) in [6.45, 7) is 17.1. The molecular weight excluding hydrogens is 348 g/mol. The summed E-state index contributed by atoms with van der Waals surface area (Å²) in [6.07, 6.45) is 1.59. The summed E-state index contributed by atoms with van der Waals surface area (Å²) < 4.78 is 0. The molecule has 3 rings (SSSR count). The van der Waals surface area contributed by atoms with Crippen LogP contribution in [0.3, 0.4) is 0 Å². The van der Waals surface area contributed by atoms with Crippen molar-refractivity contribution in [2.75, 3.05) is 57.3 Å². The van der Waals surface area contributed by atoms with Gasteiger partial charge in [0.15, 0.2) is 0 Å². The zero-order chi connectivity index (χ0) is 20.1. The van der Waals surface area contributed by atoms with Crippen LogP contribution in [0.2, 0.25) is 0 Å². The first kappa shape index (κ1) is 21.1. The number of hydrogen-bond acceptors (Lipinski definition) is 4. The third-order valence-electron chi connectivity index (χ3n) is 6.61. The van der Waals surface area contributed by atoms with E-state index in [2.05, 4.69) is 77.6 Å². The van der Waals surface area contributed by atoms with Gasteiger partial charge in [-0.2, -0.15) is 0 Å². The van der Waals surface area contributed by atoms with Gasteiger partial charge in [-0.05, 0) is 46.2 Å². The van der Waals surface area contributed by atoms with E-state index in [1.165, 1.54) is 5.69 Å². The lowest BCUT2D eigenvalue weighted by Crippen LogP contribution is -2.55. The number of piperazine rings is 2. The highest BCUT2D eigenvalue weighted by molar-refractivity contribution is 5.76. The zero-order valence-corrected chi connectivity index (χ0v) is 18.2. The van der Waals surface area contributed by atoms with Gasteiger partial charge in [0.25, 0.3) is 0 Å². The van der Waals surface area contributed by atoms with Gasteiger partial charge in [-0.1, -0.05) is 18.2 Å². The van der Waals surface area contributed by atoms with Crippen LogP contribution in [0.1, 0.15) is 40.5 Å². The van der Waals surface area contributed by atoms with E-state index < -0.39 is 0 Å². The minimum atomic E-state index is 0.0677. The minimum absolute atomic E-state index is 0.0677. The average molecular weight is 387 g/mol. The number of carbonyl (C=O) groups is 1. The highest BCUT2D eigenvalue weighted by Gasteiger charge is 2.31. The molecule has 0 radical (unpaired) electrons. The fourth-order valence-electron chi connectivity index (χ4n) is 4.43. The molecule has 28 heavy (non-hydrogen) atoms. The number of hydrogen-bond donors (Lipinski definition) is 0. The van der Waals surface area contributed by atoms with Gasteiger partial charge in [0, 0.05) is 76.0 Å². The largest absolute Gasteiger partial charge is 0.369 e. The Balaban J connectivity index is 1.43. The number of anilines is 1. The Morgan fingerprint density at radius 2 is 1.54 bits per heavy atom. The fourth-order valence-corrected chi connectivity index (χ4v) is 4.43. The third kappa shape index (κ3) is 5.26. The van der Waals surface area contributed by atoms with Crippen LogP contribution < -0.4 is 4.90 Å². The number of carbonyl (C=O) groups excluding carboxylic acids is 1. The van der Waals surface area contributed by atoms with E-state index in [1.54, 1.807) is 0 Å². The van der Waals surface area contributed by atoms with Crippen LogP contribution >= 0.6 is 0 Å². The van der Waals surface area contributed by atoms with Crippen molar-refractivity contribution in [1.29, 1.82) is 0 Å². The predicted molar refractivity (Wildman–Crippen MR) is 117 cm³/mol. The number of para-hydroxylation sites is 1. The molecule has 1 amide bonds. The van der Waals surface area contributed by atoms with Gasteiger partial charge in [0.05, 0.1) is 0 Å². The number of rotatable bonds is 6. The van der Waals surface area contributed by atoms with Gasteiger partial charge in [0.2, 0.25) is 5.91 Å². The Hall–Kier alpha value is -1.59. The van der Waals surface area contributed by atoms with Gasteiger partial charge in [-0.25, -0.2) is 0 Å². The van der Waals surface area contributed by atoms with Crippen molar-refractivity contribution in [2.45, 2.75) is 52.1 Å². The standard InChI is InChI=1S/C23H38N4O/c1-20(2)24-12-14-26(15-13-24)22(28)10-11-23(3,4)27-18-16-25(17-19-27)21-8-6-5-7-9-21/h5-9,20H,10-19H2,1-4H3. The summed E-state index contributed by atoms with van der Waals surface area (Å²) in [5, 5.41) is 0. The number of benzene rings is 1. The lowest BCUT2D eigenvalue weighted by molar-refractivity contribution is -0.134. The Kier molecular flexibility index (Phi) is 7.00. The van der Waals surface area contributed by atoms with Gasteiger partial charge in [-0.15, -0.1) is 0 Å². The molecule has 0 bridgehead atoms. The Morgan fingerprint density at radius 1 is 0.929 bits per heavy atom. The smallest absolute Gasteiger partial charge is 0.222 e. The normalized spacial score (nSPS) is 20.0. The fraction of sp³-hybridized carbons (Fsp3) is 0.696. The van der Waals surface area contributed by atoms with E-state index in [9.17, 15) is 4.79 Å².